The van der Waals surface area contributed by atoms with Gasteiger partial charge in [0, 0.05) is 5.92 Å². The van der Waals surface area contributed by atoms with Gasteiger partial charge in [0.05, 0.1) is 0 Å². The van der Waals surface area contributed by atoms with Gasteiger partial charge in [-0.2, -0.15) is 0 Å². The number of hydrogen-bond donors (Lipinski definition) is 0. The summed E-state index contributed by atoms with van der Waals surface area (Å²) in [7, 11) is 0. The molecule has 0 amide bonds. The van der Waals surface area contributed by atoms with E-state index in [9.17, 15) is 4.79 Å². The highest BCUT2D eigenvalue weighted by Crippen LogP contribution is 2.12. The fourth-order valence-electron chi connectivity index (χ4n) is 1.35. The predicted molar refractivity (Wildman–Crippen MR) is 66.8 cm³/mol. The Morgan fingerprint density at radius 3 is 2.47 bits per heavy atom. The number of rotatable bonds is 7. The Hall–Kier alpha value is -0.850. The SMILES string of the molecule is CC(C)=CCC[C@@H](C)CC=CC(C)C=O. The van der Waals surface area contributed by atoms with Crippen molar-refractivity contribution in [3.63, 3.8) is 0 Å². The molecular weight excluding hydrogens is 184 g/mol. The van der Waals surface area contributed by atoms with Crippen molar-refractivity contribution in [2.45, 2.75) is 47.0 Å². The maximum Gasteiger partial charge on any atom is 0.126 e. The summed E-state index contributed by atoms with van der Waals surface area (Å²) in [5.74, 6) is 0.769. The van der Waals surface area contributed by atoms with E-state index in [1.54, 1.807) is 0 Å². The van der Waals surface area contributed by atoms with Gasteiger partial charge < -0.3 is 4.79 Å². The lowest BCUT2D eigenvalue weighted by Crippen LogP contribution is -1.93. The molecule has 0 rings (SSSR count). The topological polar surface area (TPSA) is 17.1 Å². The lowest BCUT2D eigenvalue weighted by molar-refractivity contribution is -0.109. The summed E-state index contributed by atoms with van der Waals surface area (Å²) in [5, 5.41) is 0. The lowest BCUT2D eigenvalue weighted by atomic mass is 10.00. The molecule has 1 nitrogen and oxygen atoms in total. The van der Waals surface area contributed by atoms with E-state index in [1.807, 2.05) is 13.0 Å². The van der Waals surface area contributed by atoms with Crippen molar-refractivity contribution in [1.29, 1.82) is 0 Å². The molecule has 0 saturated heterocycles. The van der Waals surface area contributed by atoms with Gasteiger partial charge in [-0.3, -0.25) is 0 Å². The van der Waals surface area contributed by atoms with Crippen molar-refractivity contribution >= 4 is 6.29 Å². The molecule has 0 bridgehead atoms. The molecule has 86 valence electrons. The molecule has 0 aliphatic heterocycles. The van der Waals surface area contributed by atoms with Crippen LogP contribution in [-0.2, 0) is 4.79 Å². The second kappa shape index (κ2) is 8.46. The molecule has 0 N–H and O–H groups in total. The van der Waals surface area contributed by atoms with Crippen molar-refractivity contribution in [1.82, 2.24) is 0 Å². The molecule has 0 aliphatic carbocycles. The molecule has 15 heavy (non-hydrogen) atoms. The van der Waals surface area contributed by atoms with Gasteiger partial charge in [0.2, 0.25) is 0 Å². The van der Waals surface area contributed by atoms with Crippen molar-refractivity contribution in [3.05, 3.63) is 23.8 Å². The monoisotopic (exact) mass is 208 g/mol. The highest BCUT2D eigenvalue weighted by molar-refractivity contribution is 5.55. The van der Waals surface area contributed by atoms with Crippen molar-refractivity contribution < 1.29 is 4.79 Å². The van der Waals surface area contributed by atoms with E-state index >= 15 is 0 Å². The molecular formula is C14H24O. The molecule has 0 radical (unpaired) electrons. The molecule has 0 heterocycles. The van der Waals surface area contributed by atoms with Gasteiger partial charge in [0.1, 0.15) is 6.29 Å². The average molecular weight is 208 g/mol. The number of allylic oxidation sites excluding steroid dienone is 4. The zero-order chi connectivity index (χ0) is 11.7. The normalized spacial score (nSPS) is 14.9. The molecule has 1 heteroatoms. The van der Waals surface area contributed by atoms with Crippen LogP contribution in [0.15, 0.2) is 23.8 Å². The lowest BCUT2D eigenvalue weighted by Gasteiger charge is -2.06. The van der Waals surface area contributed by atoms with E-state index in [1.165, 1.54) is 18.4 Å². The fraction of sp³-hybridized carbons (Fsp3) is 0.643. The van der Waals surface area contributed by atoms with Gasteiger partial charge in [-0.25, -0.2) is 0 Å². The summed E-state index contributed by atoms with van der Waals surface area (Å²) < 4.78 is 0. The van der Waals surface area contributed by atoms with Gasteiger partial charge in [-0.15, -0.1) is 0 Å². The second-order valence-corrected chi connectivity index (χ2v) is 4.62. The third-order valence-electron chi connectivity index (χ3n) is 2.40. The van der Waals surface area contributed by atoms with Crippen LogP contribution in [-0.4, -0.2) is 6.29 Å². The van der Waals surface area contributed by atoms with Gasteiger partial charge >= 0.3 is 0 Å². The Labute approximate surface area is 94.3 Å². The first-order chi connectivity index (χ1) is 7.06. The van der Waals surface area contributed by atoms with E-state index in [2.05, 4.69) is 32.9 Å². The number of carbonyl (C=O) groups excluding carboxylic acids is 1. The van der Waals surface area contributed by atoms with Crippen molar-refractivity contribution in [3.8, 4) is 0 Å². The van der Waals surface area contributed by atoms with Crippen LogP contribution in [0.2, 0.25) is 0 Å². The Kier molecular flexibility index (Phi) is 7.98. The predicted octanol–water partition coefficient (Wildman–Crippen LogP) is 4.15. The van der Waals surface area contributed by atoms with Crippen LogP contribution in [0.1, 0.15) is 47.0 Å². The molecule has 0 spiro atoms. The Balaban J connectivity index is 3.65. The van der Waals surface area contributed by atoms with E-state index in [4.69, 9.17) is 0 Å². The molecule has 1 unspecified atom stereocenters. The largest absolute Gasteiger partial charge is 0.303 e. The van der Waals surface area contributed by atoms with E-state index in [0.717, 1.165) is 12.7 Å². The summed E-state index contributed by atoms with van der Waals surface area (Å²) in [5.41, 5.74) is 1.40. The summed E-state index contributed by atoms with van der Waals surface area (Å²) >= 11 is 0. The third kappa shape index (κ3) is 9.45. The quantitative estimate of drug-likeness (QED) is 0.454. The zero-order valence-electron chi connectivity index (χ0n) is 10.5. The van der Waals surface area contributed by atoms with Gasteiger partial charge in [0.25, 0.3) is 0 Å². The minimum atomic E-state index is 0.0648. The highest BCUT2D eigenvalue weighted by atomic mass is 16.1. The van der Waals surface area contributed by atoms with Crippen LogP contribution in [0.25, 0.3) is 0 Å². The molecule has 0 aliphatic rings. The Morgan fingerprint density at radius 1 is 1.27 bits per heavy atom. The summed E-state index contributed by atoms with van der Waals surface area (Å²) in [6.07, 6.45) is 10.9. The van der Waals surface area contributed by atoms with Crippen LogP contribution < -0.4 is 0 Å². The number of carbonyl (C=O) groups is 1. The first-order valence-corrected chi connectivity index (χ1v) is 5.81. The summed E-state index contributed by atoms with van der Waals surface area (Å²) in [4.78, 5) is 10.4. The smallest absolute Gasteiger partial charge is 0.126 e. The number of hydrogen-bond acceptors (Lipinski definition) is 1. The molecule has 2 atom stereocenters. The summed E-state index contributed by atoms with van der Waals surface area (Å²) in [6, 6.07) is 0. The van der Waals surface area contributed by atoms with Gasteiger partial charge in [-0.05, 0) is 39.0 Å². The van der Waals surface area contributed by atoms with Crippen molar-refractivity contribution in [2.24, 2.45) is 11.8 Å². The molecule has 0 aromatic carbocycles. The van der Waals surface area contributed by atoms with Crippen LogP contribution >= 0.6 is 0 Å². The minimum absolute atomic E-state index is 0.0648. The summed E-state index contributed by atoms with van der Waals surface area (Å²) in [6.45, 7) is 8.44. The number of aldehydes is 1. The highest BCUT2D eigenvalue weighted by Gasteiger charge is 1.98. The molecule has 0 fully saturated rings. The standard InChI is InChI=1S/C14H24O/c1-12(2)7-5-8-13(3)9-6-10-14(4)11-15/h6-7,10-11,13-14H,5,8-9H2,1-4H3/t13-,14?/m1/s1. The van der Waals surface area contributed by atoms with Crippen LogP contribution in [0, 0.1) is 11.8 Å². The maximum atomic E-state index is 10.4. The van der Waals surface area contributed by atoms with Crippen molar-refractivity contribution in [2.75, 3.05) is 0 Å². The molecule has 0 saturated carbocycles. The first kappa shape index (κ1) is 14.2. The van der Waals surface area contributed by atoms with Crippen LogP contribution in [0.3, 0.4) is 0 Å². The van der Waals surface area contributed by atoms with E-state index in [-0.39, 0.29) is 5.92 Å². The second-order valence-electron chi connectivity index (χ2n) is 4.62. The molecule has 0 aromatic rings. The zero-order valence-corrected chi connectivity index (χ0v) is 10.5. The van der Waals surface area contributed by atoms with Gasteiger partial charge in [-0.1, -0.05) is 37.6 Å². The fourth-order valence-corrected chi connectivity index (χ4v) is 1.35. The maximum absolute atomic E-state index is 10.4. The third-order valence-corrected chi connectivity index (χ3v) is 2.40. The van der Waals surface area contributed by atoms with Crippen LogP contribution in [0.4, 0.5) is 0 Å². The van der Waals surface area contributed by atoms with E-state index < -0.39 is 0 Å². The van der Waals surface area contributed by atoms with Gasteiger partial charge in [0.15, 0.2) is 0 Å². The van der Waals surface area contributed by atoms with Crippen LogP contribution in [0.5, 0.6) is 0 Å². The first-order valence-electron chi connectivity index (χ1n) is 5.81. The minimum Gasteiger partial charge on any atom is -0.303 e. The van der Waals surface area contributed by atoms with E-state index in [0.29, 0.717) is 5.92 Å². The Morgan fingerprint density at radius 2 is 1.93 bits per heavy atom. The average Bonchev–Trinajstić information content (AvgIpc) is 2.17. The Bertz CT molecular complexity index is 221. The molecule has 0 aromatic heterocycles.